The van der Waals surface area contributed by atoms with Crippen LogP contribution in [0.1, 0.15) is 93.9 Å². The number of aliphatic hydroxyl groups excluding tert-OH is 1. The number of halogens is 1. The lowest BCUT2D eigenvalue weighted by atomic mass is 9.83. The molecular formula is C42H68ClNO16. The Kier molecular flexibility index (Phi) is 19.6. The zero-order valence-electron chi connectivity index (χ0n) is 36.8. The van der Waals surface area contributed by atoms with Crippen LogP contribution in [0.25, 0.3) is 0 Å². The zero-order chi connectivity index (χ0) is 43.9. The normalized spacial score (nSPS) is 41.0. The summed E-state index contributed by atoms with van der Waals surface area (Å²) in [6, 6.07) is -0.800. The third-order valence-corrected chi connectivity index (χ3v) is 11.4. The molecule has 17 atom stereocenters. The van der Waals surface area contributed by atoms with Crippen molar-refractivity contribution < 1.29 is 76.8 Å². The fraction of sp³-hybridized carbons (Fsp3) is 0.833. The number of hydrogen-bond acceptors (Lipinski definition) is 17. The van der Waals surface area contributed by atoms with Crippen LogP contribution in [0.15, 0.2) is 12.2 Å². The molecule has 4 rings (SSSR count). The van der Waals surface area contributed by atoms with Crippen molar-refractivity contribution in [1.82, 2.24) is 4.90 Å². The number of hydrogen-bond donors (Lipinski definition) is 2. The molecule has 0 aromatic heterocycles. The van der Waals surface area contributed by atoms with E-state index in [-0.39, 0.29) is 62.0 Å². The van der Waals surface area contributed by atoms with Gasteiger partial charge in [0.05, 0.1) is 36.9 Å². The molecule has 0 aromatic rings. The molecule has 0 spiro atoms. The first-order valence-corrected chi connectivity index (χ1v) is 20.7. The highest BCUT2D eigenvalue weighted by Gasteiger charge is 2.53. The van der Waals surface area contributed by atoms with Gasteiger partial charge < -0.3 is 62.5 Å². The second-order valence-corrected chi connectivity index (χ2v) is 17.5. The number of allylic oxidation sites excluding steroid dienone is 1. The molecule has 3 saturated heterocycles. The van der Waals surface area contributed by atoms with Gasteiger partial charge in [-0.15, -0.1) is 12.4 Å². The van der Waals surface area contributed by atoms with Crippen LogP contribution in [-0.2, 0) is 66.6 Å². The number of epoxide rings is 1. The highest BCUT2D eigenvalue weighted by atomic mass is 35.5. The number of carbonyl (C=O) groups excluding carboxylic acids is 5. The van der Waals surface area contributed by atoms with E-state index in [0.717, 1.165) is 0 Å². The molecule has 2 N–H and O–H groups in total. The number of carbonyl (C=O) groups is 5. The second-order valence-electron chi connectivity index (χ2n) is 17.5. The smallest absolute Gasteiger partial charge is 0.309 e. The lowest BCUT2D eigenvalue weighted by Gasteiger charge is -2.50. The summed E-state index contributed by atoms with van der Waals surface area (Å²) in [7, 11) is 4.82. The molecule has 4 aliphatic heterocycles. The molecule has 3 fully saturated rings. The van der Waals surface area contributed by atoms with Gasteiger partial charge in [-0.05, 0) is 72.2 Å². The van der Waals surface area contributed by atoms with Crippen molar-refractivity contribution >= 4 is 42.4 Å². The van der Waals surface area contributed by atoms with Crippen molar-refractivity contribution in [3.05, 3.63) is 12.2 Å². The molecule has 4 heterocycles. The van der Waals surface area contributed by atoms with Crippen LogP contribution in [0.2, 0.25) is 0 Å². The third kappa shape index (κ3) is 14.0. The van der Waals surface area contributed by atoms with Crippen molar-refractivity contribution in [2.75, 3.05) is 21.2 Å². The van der Waals surface area contributed by atoms with Gasteiger partial charge in [-0.2, -0.15) is 0 Å². The van der Waals surface area contributed by atoms with Gasteiger partial charge in [-0.3, -0.25) is 19.2 Å². The average Bonchev–Trinajstić information content (AvgIpc) is 3.85. The Morgan fingerprint density at radius 2 is 1.68 bits per heavy atom. The summed E-state index contributed by atoms with van der Waals surface area (Å²) < 4.78 is 54.2. The van der Waals surface area contributed by atoms with Gasteiger partial charge in [0.2, 0.25) is 0 Å². The Hall–Kier alpha value is -2.58. The number of aliphatic hydroxyl groups is 2. The van der Waals surface area contributed by atoms with Gasteiger partial charge in [0.25, 0.3) is 0 Å². The van der Waals surface area contributed by atoms with Crippen LogP contribution >= 0.6 is 12.4 Å². The summed E-state index contributed by atoms with van der Waals surface area (Å²) in [4.78, 5) is 65.8. The molecular weight excluding hydrogens is 810 g/mol. The molecule has 0 radical (unpaired) electrons. The topological polar surface area (TPSA) is 215 Å². The first-order valence-electron chi connectivity index (χ1n) is 20.7. The maximum atomic E-state index is 13.4. The third-order valence-electron chi connectivity index (χ3n) is 11.4. The number of cyclic esters (lactones) is 1. The van der Waals surface area contributed by atoms with E-state index in [2.05, 4.69) is 0 Å². The lowest BCUT2D eigenvalue weighted by molar-refractivity contribution is -0.344. The lowest BCUT2D eigenvalue weighted by Crippen LogP contribution is -2.66. The molecule has 344 valence electrons. The van der Waals surface area contributed by atoms with Gasteiger partial charge >= 0.3 is 17.9 Å². The summed E-state index contributed by atoms with van der Waals surface area (Å²) in [6.07, 6.45) is -7.99. The number of likely N-dealkylation sites (N-methyl/N-ethyl adjacent to an activating group) is 1. The first-order chi connectivity index (χ1) is 27.6. The van der Waals surface area contributed by atoms with Crippen molar-refractivity contribution in [3.8, 4) is 0 Å². The van der Waals surface area contributed by atoms with Gasteiger partial charge in [-0.25, -0.2) is 0 Å². The molecule has 18 heteroatoms. The van der Waals surface area contributed by atoms with E-state index in [0.29, 0.717) is 12.7 Å². The molecule has 2 unspecified atom stereocenters. The van der Waals surface area contributed by atoms with Crippen molar-refractivity contribution in [1.29, 1.82) is 0 Å². The summed E-state index contributed by atoms with van der Waals surface area (Å²) in [5, 5.41) is 23.5. The predicted molar refractivity (Wildman–Crippen MR) is 216 cm³/mol. The first kappa shape index (κ1) is 51.8. The van der Waals surface area contributed by atoms with E-state index in [1.807, 2.05) is 13.8 Å². The minimum Gasteiger partial charge on any atom is -0.462 e. The number of esters is 3. The fourth-order valence-electron chi connectivity index (χ4n) is 8.51. The fourth-order valence-corrected chi connectivity index (χ4v) is 8.51. The Morgan fingerprint density at radius 1 is 1.00 bits per heavy atom. The summed E-state index contributed by atoms with van der Waals surface area (Å²) in [5.74, 6) is -3.35. The standard InChI is InChI=1S/C42H67NO16.ClH/c1-21(2)16-32(47)57-40-25(6)53-34(20-42(40,8)50)58-37-24(5)54-41(36(49)35(37)43(9)10)59-38-27(14-15-44)17-22(3)28(46)12-13-29-30(56-29)18-23(4)52-33(48)19-31(39(38)51-11)55-26(7)45;/h12-13,15,21-25,27,29-31,34-41,49-50H,14,16-20H2,1-11H3;1H/b13-12+;/t22-,23-,24-,25+,27+,29?,30?,31-,34+,35-,36-,37-,38+,39+,40+,41+,42-;/m1./s1. The summed E-state index contributed by atoms with van der Waals surface area (Å²) in [5.41, 5.74) is -1.51. The van der Waals surface area contributed by atoms with Crippen LogP contribution in [0.4, 0.5) is 0 Å². The van der Waals surface area contributed by atoms with E-state index in [4.69, 9.17) is 42.6 Å². The highest BCUT2D eigenvalue weighted by molar-refractivity contribution is 5.91. The minimum absolute atomic E-state index is 0. The van der Waals surface area contributed by atoms with Gasteiger partial charge in [0, 0.05) is 45.6 Å². The maximum Gasteiger partial charge on any atom is 0.309 e. The average molecular weight is 878 g/mol. The Morgan fingerprint density at radius 3 is 2.27 bits per heavy atom. The molecule has 17 nitrogen and oxygen atoms in total. The van der Waals surface area contributed by atoms with Crippen molar-refractivity contribution in [3.63, 3.8) is 0 Å². The van der Waals surface area contributed by atoms with E-state index < -0.39 is 115 Å². The van der Waals surface area contributed by atoms with Crippen molar-refractivity contribution in [2.45, 2.75) is 185 Å². The monoisotopic (exact) mass is 877 g/mol. The molecule has 60 heavy (non-hydrogen) atoms. The van der Waals surface area contributed by atoms with Crippen LogP contribution in [0.5, 0.6) is 0 Å². The zero-order valence-corrected chi connectivity index (χ0v) is 37.6. The minimum atomic E-state index is -1.51. The van der Waals surface area contributed by atoms with Crippen molar-refractivity contribution in [2.24, 2.45) is 17.8 Å². The SMILES string of the molecule is CO[C@@H]1[C@@H](O[C@@H]2O[C@H](C)[C@@H](O[C@H]3C[C@@](C)(O)[C@@H](OC(=O)CC(C)C)[C@H](C)O3)[C@H](N(C)C)[C@H]2O)[C@@H](CC=O)C[C@@H](C)C(=O)/C=C/C2OC2C[C@@H](C)OC(=O)C[C@H]1OC(C)=O.Cl. The largest absolute Gasteiger partial charge is 0.462 e. The Labute approximate surface area is 359 Å². The Balaban J connectivity index is 0.00000961. The van der Waals surface area contributed by atoms with Crippen LogP contribution in [-0.4, -0.2) is 158 Å². The highest BCUT2D eigenvalue weighted by Crippen LogP contribution is 2.38. The van der Waals surface area contributed by atoms with Gasteiger partial charge in [-0.1, -0.05) is 20.8 Å². The van der Waals surface area contributed by atoms with Crippen LogP contribution < -0.4 is 0 Å². The number of aldehydes is 1. The molecule has 0 amide bonds. The molecule has 0 aliphatic carbocycles. The predicted octanol–water partition coefficient (Wildman–Crippen LogP) is 2.85. The Bertz CT molecular complexity index is 1480. The maximum absolute atomic E-state index is 13.4. The van der Waals surface area contributed by atoms with E-state index in [1.165, 1.54) is 20.1 Å². The number of nitrogens with zero attached hydrogens (tertiary/aromatic N) is 1. The van der Waals surface area contributed by atoms with Crippen LogP contribution in [0, 0.1) is 17.8 Å². The number of methoxy groups -OCH3 is 1. The van der Waals surface area contributed by atoms with E-state index in [9.17, 15) is 34.2 Å². The molecule has 0 aromatic carbocycles. The number of fused-ring (bicyclic) bond motifs is 1. The second kappa shape index (κ2) is 22.7. The van der Waals surface area contributed by atoms with Gasteiger partial charge in [0.1, 0.15) is 48.5 Å². The molecule has 4 aliphatic rings. The van der Waals surface area contributed by atoms with E-state index in [1.54, 1.807) is 59.7 Å². The van der Waals surface area contributed by atoms with Crippen LogP contribution in [0.3, 0.4) is 0 Å². The summed E-state index contributed by atoms with van der Waals surface area (Å²) >= 11 is 0. The number of ether oxygens (including phenoxy) is 9. The van der Waals surface area contributed by atoms with Gasteiger partial charge in [0.15, 0.2) is 24.5 Å². The quantitative estimate of drug-likeness (QED) is 0.125. The molecule has 0 saturated carbocycles. The number of rotatable bonds is 12. The number of ketones is 1. The van der Waals surface area contributed by atoms with E-state index >= 15 is 0 Å². The molecule has 0 bridgehead atoms. The summed E-state index contributed by atoms with van der Waals surface area (Å²) in [6.45, 7) is 13.4.